The molecule has 0 aromatic heterocycles. The highest BCUT2D eigenvalue weighted by molar-refractivity contribution is 5.98. The Morgan fingerprint density at radius 1 is 1.34 bits per heavy atom. The largest absolute Gasteiger partial charge is 0.433 e. The van der Waals surface area contributed by atoms with Crippen molar-refractivity contribution in [2.45, 2.75) is 37.7 Å². The third kappa shape index (κ3) is 6.26. The van der Waals surface area contributed by atoms with Gasteiger partial charge in [-0.25, -0.2) is 0 Å². The van der Waals surface area contributed by atoms with Crippen LogP contribution in [0.1, 0.15) is 12.8 Å². The second-order valence-electron chi connectivity index (χ2n) is 7.42. The highest BCUT2D eigenvalue weighted by Crippen LogP contribution is 2.35. The smallest absolute Gasteiger partial charge is 0.401 e. The van der Waals surface area contributed by atoms with E-state index in [-0.39, 0.29) is 43.4 Å². The Balaban J connectivity index is 1.80. The molecule has 32 heavy (non-hydrogen) atoms. The molecule has 8 nitrogen and oxygen atoms in total. The number of amides is 2. The molecule has 0 unspecified atom stereocenters. The Kier molecular flexibility index (Phi) is 7.51. The van der Waals surface area contributed by atoms with E-state index < -0.39 is 43.2 Å². The number of benzene rings is 1. The average Bonchev–Trinajstić information content (AvgIpc) is 3.52. The topological polar surface area (TPSA) is 97.1 Å². The van der Waals surface area contributed by atoms with E-state index in [2.05, 4.69) is 10.1 Å². The van der Waals surface area contributed by atoms with Crippen molar-refractivity contribution in [3.63, 3.8) is 0 Å². The second kappa shape index (κ2) is 9.96. The van der Waals surface area contributed by atoms with E-state index in [9.17, 15) is 31.5 Å². The van der Waals surface area contributed by atoms with Crippen LogP contribution in [0.25, 0.3) is 0 Å². The lowest BCUT2D eigenvalue weighted by molar-refractivity contribution is -0.154. The second-order valence-corrected chi connectivity index (χ2v) is 7.42. The summed E-state index contributed by atoms with van der Waals surface area (Å²) in [5, 5.41) is 2.42. The number of halogens is 5. The first-order valence-corrected chi connectivity index (χ1v) is 9.89. The van der Waals surface area contributed by atoms with Crippen LogP contribution >= 0.6 is 0 Å². The number of rotatable bonds is 9. The summed E-state index contributed by atoms with van der Waals surface area (Å²) < 4.78 is 74.3. The predicted octanol–water partition coefficient (Wildman–Crippen LogP) is 1.94. The highest BCUT2D eigenvalue weighted by Gasteiger charge is 2.43. The average molecular weight is 466 g/mol. The molecule has 1 saturated heterocycles. The number of hydrogen-bond acceptors (Lipinski definition) is 6. The molecule has 0 bridgehead atoms. The number of nitrogens with zero attached hydrogens (tertiary/aromatic N) is 2. The van der Waals surface area contributed by atoms with Crippen molar-refractivity contribution in [2.24, 2.45) is 5.73 Å². The molecule has 1 aliphatic carbocycles. The Hall–Kier alpha value is -2.51. The molecule has 2 amide bonds. The quantitative estimate of drug-likeness (QED) is 0.540. The summed E-state index contributed by atoms with van der Waals surface area (Å²) in [4.78, 5) is 27.0. The molecule has 1 atom stereocenters. The predicted molar refractivity (Wildman–Crippen MR) is 104 cm³/mol. The van der Waals surface area contributed by atoms with Crippen molar-refractivity contribution in [2.75, 3.05) is 43.1 Å². The molecule has 3 rings (SSSR count). The Morgan fingerprint density at radius 2 is 2.06 bits per heavy atom. The van der Waals surface area contributed by atoms with Gasteiger partial charge in [0.1, 0.15) is 12.6 Å². The first-order valence-electron chi connectivity index (χ1n) is 9.89. The Morgan fingerprint density at radius 3 is 2.62 bits per heavy atom. The molecule has 1 aromatic rings. The zero-order chi connectivity index (χ0) is 23.5. The van der Waals surface area contributed by atoms with Gasteiger partial charge in [0, 0.05) is 30.9 Å². The minimum atomic E-state index is -4.51. The van der Waals surface area contributed by atoms with Crippen LogP contribution in [0, 0.1) is 0 Å². The minimum absolute atomic E-state index is 0.0105. The lowest BCUT2D eigenvalue weighted by Crippen LogP contribution is -2.52. The molecule has 0 radical (unpaired) electrons. The maximum atomic E-state index is 13.0. The number of carbonyl (C=O) groups excluding carboxylic acids is 2. The van der Waals surface area contributed by atoms with Crippen molar-refractivity contribution in [3.8, 4) is 5.75 Å². The number of morpholine rings is 1. The van der Waals surface area contributed by atoms with Gasteiger partial charge in [-0.1, -0.05) is 0 Å². The third-order valence-corrected chi connectivity index (χ3v) is 5.02. The SMILES string of the molecule is NC[C@H](C(=O)Nc1ccc(N2CCOCC2=O)c(OC(F)F)c1)N(CC(F)(F)F)C1CC1. The lowest BCUT2D eigenvalue weighted by atomic mass is 10.2. The van der Waals surface area contributed by atoms with E-state index in [0.29, 0.717) is 12.8 Å². The fourth-order valence-electron chi connectivity index (χ4n) is 3.50. The normalized spacial score (nSPS) is 18.2. The molecular formula is C19H23F5N4O4. The van der Waals surface area contributed by atoms with Crippen LogP contribution in [0.5, 0.6) is 5.75 Å². The summed E-state index contributed by atoms with van der Waals surface area (Å²) in [7, 11) is 0. The summed E-state index contributed by atoms with van der Waals surface area (Å²) in [5.41, 5.74) is 5.67. The summed E-state index contributed by atoms with van der Waals surface area (Å²) in [6.07, 6.45) is -3.47. The fraction of sp³-hybridized carbons (Fsp3) is 0.579. The van der Waals surface area contributed by atoms with Crippen LogP contribution in [0.4, 0.5) is 33.3 Å². The van der Waals surface area contributed by atoms with Crippen molar-refractivity contribution in [1.82, 2.24) is 4.90 Å². The maximum absolute atomic E-state index is 13.0. The van der Waals surface area contributed by atoms with Crippen LogP contribution in [0.3, 0.4) is 0 Å². The first-order chi connectivity index (χ1) is 15.1. The molecule has 1 saturated carbocycles. The van der Waals surface area contributed by atoms with Gasteiger partial charge in [0.25, 0.3) is 5.91 Å². The van der Waals surface area contributed by atoms with Crippen molar-refractivity contribution >= 4 is 23.2 Å². The monoisotopic (exact) mass is 466 g/mol. The zero-order valence-electron chi connectivity index (χ0n) is 16.9. The number of carbonyl (C=O) groups is 2. The standard InChI is InChI=1S/C19H23F5N4O4/c20-18(21)32-15-7-11(1-4-13(15)27-5-6-31-9-16(27)29)26-17(30)14(8-25)28(12-2-3-12)10-19(22,23)24/h1,4,7,12,14,18H,2-3,5-6,8-10,25H2,(H,26,30)/t14-/m1/s1. The molecule has 178 valence electrons. The van der Waals surface area contributed by atoms with Crippen molar-refractivity contribution in [1.29, 1.82) is 0 Å². The molecule has 1 aliphatic heterocycles. The van der Waals surface area contributed by atoms with E-state index in [1.54, 1.807) is 0 Å². The van der Waals surface area contributed by atoms with E-state index in [1.807, 2.05) is 0 Å². The van der Waals surface area contributed by atoms with Gasteiger partial charge in [-0.2, -0.15) is 22.0 Å². The van der Waals surface area contributed by atoms with E-state index in [0.717, 1.165) is 11.0 Å². The molecule has 2 fully saturated rings. The zero-order valence-corrected chi connectivity index (χ0v) is 16.9. The number of nitrogens with two attached hydrogens (primary N) is 1. The van der Waals surface area contributed by atoms with E-state index in [1.165, 1.54) is 17.0 Å². The number of nitrogens with one attached hydrogen (secondary N) is 1. The van der Waals surface area contributed by atoms with Crippen LogP contribution in [0.15, 0.2) is 18.2 Å². The molecule has 3 N–H and O–H groups in total. The van der Waals surface area contributed by atoms with Gasteiger partial charge in [0.2, 0.25) is 5.91 Å². The fourth-order valence-corrected chi connectivity index (χ4v) is 3.50. The number of alkyl halides is 5. The lowest BCUT2D eigenvalue weighted by Gasteiger charge is -2.31. The van der Waals surface area contributed by atoms with Crippen molar-refractivity contribution in [3.05, 3.63) is 18.2 Å². The summed E-state index contributed by atoms with van der Waals surface area (Å²) in [5.74, 6) is -1.63. The highest BCUT2D eigenvalue weighted by atomic mass is 19.4. The molecule has 0 spiro atoms. The van der Waals surface area contributed by atoms with Gasteiger partial charge in [-0.3, -0.25) is 14.5 Å². The molecule has 2 aliphatic rings. The summed E-state index contributed by atoms with van der Waals surface area (Å²) >= 11 is 0. The first kappa shape index (κ1) is 24.1. The van der Waals surface area contributed by atoms with Crippen molar-refractivity contribution < 1.29 is 41.0 Å². The van der Waals surface area contributed by atoms with Gasteiger partial charge in [0.15, 0.2) is 5.75 Å². The van der Waals surface area contributed by atoms with Gasteiger partial charge < -0.3 is 25.4 Å². The minimum Gasteiger partial charge on any atom is -0.433 e. The molecule has 1 heterocycles. The van der Waals surface area contributed by atoms with Gasteiger partial charge in [0.05, 0.1) is 18.8 Å². The number of ether oxygens (including phenoxy) is 2. The van der Waals surface area contributed by atoms with E-state index in [4.69, 9.17) is 10.5 Å². The van der Waals surface area contributed by atoms with Gasteiger partial charge in [-0.15, -0.1) is 0 Å². The molecule has 1 aromatic carbocycles. The van der Waals surface area contributed by atoms with Gasteiger partial charge in [-0.05, 0) is 25.0 Å². The van der Waals surface area contributed by atoms with Gasteiger partial charge >= 0.3 is 12.8 Å². The maximum Gasteiger partial charge on any atom is 0.401 e. The summed E-state index contributed by atoms with van der Waals surface area (Å²) in [6.45, 7) is -4.75. The number of hydrogen-bond donors (Lipinski definition) is 2. The Bertz CT molecular complexity index is 834. The van der Waals surface area contributed by atoms with Crippen LogP contribution in [-0.2, 0) is 14.3 Å². The van der Waals surface area contributed by atoms with Crippen LogP contribution in [-0.4, -0.2) is 74.4 Å². The number of anilines is 2. The van der Waals surface area contributed by atoms with E-state index >= 15 is 0 Å². The third-order valence-electron chi connectivity index (χ3n) is 5.02. The molecular weight excluding hydrogens is 443 g/mol. The summed E-state index contributed by atoms with van der Waals surface area (Å²) in [6, 6.07) is 2.07. The molecule has 13 heteroatoms. The van der Waals surface area contributed by atoms with Crippen LogP contribution < -0.4 is 20.7 Å². The Labute approximate surface area is 180 Å². The van der Waals surface area contributed by atoms with Crippen LogP contribution in [0.2, 0.25) is 0 Å².